The maximum Gasteiger partial charge on any atom is 0.226 e. The normalized spacial score (nSPS) is 16.7. The molecule has 2 aliphatic rings. The van der Waals surface area contributed by atoms with Gasteiger partial charge in [0, 0.05) is 11.1 Å². The van der Waals surface area contributed by atoms with E-state index in [1.165, 1.54) is 27.8 Å². The van der Waals surface area contributed by atoms with E-state index in [1.54, 1.807) is 0 Å². The van der Waals surface area contributed by atoms with Gasteiger partial charge < -0.3 is 0 Å². The summed E-state index contributed by atoms with van der Waals surface area (Å²) in [6, 6.07) is 44.6. The topological polar surface area (TPSA) is 38.7 Å². The van der Waals surface area contributed by atoms with Gasteiger partial charge in [-0.25, -0.2) is 4.98 Å². The van der Waals surface area contributed by atoms with Gasteiger partial charge in [0.25, 0.3) is 0 Å². The average Bonchev–Trinajstić information content (AvgIpc) is 3.40. The molecule has 0 saturated heterocycles. The van der Waals surface area contributed by atoms with Crippen molar-refractivity contribution in [2.75, 3.05) is 0 Å². The van der Waals surface area contributed by atoms with E-state index in [4.69, 9.17) is 21.6 Å². The summed E-state index contributed by atoms with van der Waals surface area (Å²) in [5, 5.41) is 0.170. The summed E-state index contributed by atoms with van der Waals surface area (Å²) in [5.74, 6) is 1.11. The molecular weight excluding hydrogens is 558 g/mol. The summed E-state index contributed by atoms with van der Waals surface area (Å²) in [4.78, 5) is 14.5. The maximum atomic E-state index is 6.69. The first-order chi connectivity index (χ1) is 21.7. The summed E-state index contributed by atoms with van der Waals surface area (Å²) in [6.07, 6.45) is 9.09. The molecule has 210 valence electrons. The van der Waals surface area contributed by atoms with Gasteiger partial charge in [-0.3, -0.25) is 0 Å². The van der Waals surface area contributed by atoms with Gasteiger partial charge in [-0.2, -0.15) is 9.97 Å². The number of halogens is 1. The van der Waals surface area contributed by atoms with Crippen LogP contribution in [0.5, 0.6) is 0 Å². The Labute approximate surface area is 262 Å². The van der Waals surface area contributed by atoms with E-state index in [0.29, 0.717) is 11.6 Å². The van der Waals surface area contributed by atoms with E-state index in [1.807, 2.05) is 36.4 Å². The van der Waals surface area contributed by atoms with Crippen LogP contribution in [0.25, 0.3) is 45.0 Å². The van der Waals surface area contributed by atoms with Crippen molar-refractivity contribution in [3.8, 4) is 45.0 Å². The second-order valence-electron chi connectivity index (χ2n) is 11.2. The lowest BCUT2D eigenvalue weighted by atomic mass is 9.66. The minimum Gasteiger partial charge on any atom is -0.208 e. The van der Waals surface area contributed by atoms with Crippen molar-refractivity contribution in [1.82, 2.24) is 15.0 Å². The Hall–Kier alpha value is -5.12. The van der Waals surface area contributed by atoms with Gasteiger partial charge in [-0.15, -0.1) is 0 Å². The van der Waals surface area contributed by atoms with Crippen molar-refractivity contribution >= 4 is 11.6 Å². The molecule has 6 aromatic rings. The molecule has 1 heterocycles. The van der Waals surface area contributed by atoms with Crippen LogP contribution in [0.2, 0.25) is 5.28 Å². The molecule has 0 radical (unpaired) electrons. The maximum absolute atomic E-state index is 6.69. The van der Waals surface area contributed by atoms with Gasteiger partial charge in [0.15, 0.2) is 11.6 Å². The standard InChI is InChI=1S/C40H28ClN3/c41-39-43-37(31-22-11-10-21-30(31)27-15-4-1-5-16-27)42-38(44-39)33-24-14-26-35-36(33)32-23-12-13-25-34(32)40(35,28-17-6-2-7-18-28)29-19-8-3-9-20-29/h1-2,4-8,10-26H,3,9H2. The van der Waals surface area contributed by atoms with Crippen LogP contribution in [-0.4, -0.2) is 15.0 Å². The van der Waals surface area contributed by atoms with Crippen LogP contribution in [0.1, 0.15) is 29.5 Å². The molecule has 0 fully saturated rings. The summed E-state index contributed by atoms with van der Waals surface area (Å²) >= 11 is 6.69. The minimum atomic E-state index is -0.459. The molecule has 0 aliphatic heterocycles. The zero-order chi connectivity index (χ0) is 29.5. The molecule has 0 bridgehead atoms. The van der Waals surface area contributed by atoms with Crippen LogP contribution >= 0.6 is 11.6 Å². The molecule has 2 aliphatic carbocycles. The van der Waals surface area contributed by atoms with Crippen LogP contribution < -0.4 is 0 Å². The Balaban J connectivity index is 1.39. The third-order valence-corrected chi connectivity index (χ3v) is 8.97. The first kappa shape index (κ1) is 26.5. The fourth-order valence-corrected chi connectivity index (χ4v) is 7.18. The van der Waals surface area contributed by atoms with Gasteiger partial charge in [0.1, 0.15) is 0 Å². The van der Waals surface area contributed by atoms with Crippen molar-refractivity contribution in [3.05, 3.63) is 173 Å². The Bertz CT molecular complexity index is 2080. The quantitative estimate of drug-likeness (QED) is 0.202. The first-order valence-electron chi connectivity index (χ1n) is 15.0. The molecule has 1 unspecified atom stereocenters. The SMILES string of the molecule is Clc1nc(-c2ccccc2-c2ccccc2)nc(-c2cccc3c2-c2ccccc2C3(C2=CCCC=C2)c2ccccc2)n1. The van der Waals surface area contributed by atoms with E-state index < -0.39 is 5.41 Å². The monoisotopic (exact) mass is 585 g/mol. The Morgan fingerprint density at radius 3 is 1.89 bits per heavy atom. The highest BCUT2D eigenvalue weighted by Crippen LogP contribution is 2.58. The number of rotatable bonds is 5. The molecular formula is C40H28ClN3. The van der Waals surface area contributed by atoms with Gasteiger partial charge in [-0.05, 0) is 69.0 Å². The predicted molar refractivity (Wildman–Crippen MR) is 179 cm³/mol. The molecule has 0 saturated carbocycles. The molecule has 1 aromatic heterocycles. The van der Waals surface area contributed by atoms with Crippen LogP contribution in [0.4, 0.5) is 0 Å². The van der Waals surface area contributed by atoms with Crippen LogP contribution in [0.3, 0.4) is 0 Å². The predicted octanol–water partition coefficient (Wildman–Crippen LogP) is 10.1. The Kier molecular flexibility index (Phi) is 6.54. The Morgan fingerprint density at radius 1 is 0.523 bits per heavy atom. The van der Waals surface area contributed by atoms with Crippen molar-refractivity contribution in [1.29, 1.82) is 0 Å². The number of nitrogens with zero attached hydrogens (tertiary/aromatic N) is 3. The molecule has 5 aromatic carbocycles. The fourth-order valence-electron chi connectivity index (χ4n) is 7.02. The molecule has 3 nitrogen and oxygen atoms in total. The van der Waals surface area contributed by atoms with E-state index in [9.17, 15) is 0 Å². The van der Waals surface area contributed by atoms with Crippen LogP contribution in [0, 0.1) is 0 Å². The largest absolute Gasteiger partial charge is 0.226 e. The lowest BCUT2D eigenvalue weighted by Crippen LogP contribution is -2.29. The summed E-state index contributed by atoms with van der Waals surface area (Å²) in [7, 11) is 0. The van der Waals surface area contributed by atoms with E-state index in [2.05, 4.69) is 114 Å². The molecule has 44 heavy (non-hydrogen) atoms. The van der Waals surface area contributed by atoms with Gasteiger partial charge in [0.05, 0.1) is 5.41 Å². The molecule has 0 amide bonds. The van der Waals surface area contributed by atoms with Crippen LogP contribution in [-0.2, 0) is 5.41 Å². The van der Waals surface area contributed by atoms with Crippen molar-refractivity contribution in [2.24, 2.45) is 0 Å². The highest BCUT2D eigenvalue weighted by molar-refractivity contribution is 6.28. The molecule has 1 atom stereocenters. The van der Waals surface area contributed by atoms with E-state index in [-0.39, 0.29) is 5.28 Å². The molecule has 0 N–H and O–H groups in total. The third kappa shape index (κ3) is 4.16. The van der Waals surface area contributed by atoms with Crippen molar-refractivity contribution in [2.45, 2.75) is 18.3 Å². The lowest BCUT2D eigenvalue weighted by molar-refractivity contribution is 0.751. The molecule has 4 heteroatoms. The minimum absolute atomic E-state index is 0.170. The second-order valence-corrected chi connectivity index (χ2v) is 11.5. The van der Waals surface area contributed by atoms with Gasteiger partial charge >= 0.3 is 0 Å². The highest BCUT2D eigenvalue weighted by Gasteiger charge is 2.47. The van der Waals surface area contributed by atoms with Gasteiger partial charge in [-0.1, -0.05) is 146 Å². The fraction of sp³-hybridized carbons (Fsp3) is 0.0750. The smallest absolute Gasteiger partial charge is 0.208 e. The zero-order valence-corrected chi connectivity index (χ0v) is 24.7. The summed E-state index contributed by atoms with van der Waals surface area (Å²) in [5.41, 5.74) is 10.9. The molecule has 0 spiro atoms. The van der Waals surface area contributed by atoms with E-state index >= 15 is 0 Å². The highest BCUT2D eigenvalue weighted by atomic mass is 35.5. The van der Waals surface area contributed by atoms with Crippen LogP contribution in [0.15, 0.2) is 151 Å². The number of allylic oxidation sites excluding steroid dienone is 4. The Morgan fingerprint density at radius 2 is 1.14 bits per heavy atom. The second kappa shape index (κ2) is 10.9. The molecule has 8 rings (SSSR count). The van der Waals surface area contributed by atoms with Crippen molar-refractivity contribution < 1.29 is 0 Å². The number of fused-ring (bicyclic) bond motifs is 3. The number of hydrogen-bond donors (Lipinski definition) is 0. The summed E-state index contributed by atoms with van der Waals surface area (Å²) in [6.45, 7) is 0. The number of aromatic nitrogens is 3. The van der Waals surface area contributed by atoms with E-state index in [0.717, 1.165) is 40.7 Å². The average molecular weight is 586 g/mol. The zero-order valence-electron chi connectivity index (χ0n) is 24.0. The first-order valence-corrected chi connectivity index (χ1v) is 15.4. The van der Waals surface area contributed by atoms with Crippen molar-refractivity contribution in [3.63, 3.8) is 0 Å². The van der Waals surface area contributed by atoms with Gasteiger partial charge in [0.2, 0.25) is 5.28 Å². The number of hydrogen-bond acceptors (Lipinski definition) is 3. The lowest BCUT2D eigenvalue weighted by Gasteiger charge is -2.35. The summed E-state index contributed by atoms with van der Waals surface area (Å²) < 4.78 is 0. The number of benzene rings is 5. The third-order valence-electron chi connectivity index (χ3n) is 8.81.